The molecule has 6 nitrogen and oxygen atoms in total. The van der Waals surface area contributed by atoms with E-state index in [0.717, 1.165) is 66.6 Å². The van der Waals surface area contributed by atoms with Gasteiger partial charge in [-0.3, -0.25) is 9.59 Å². The van der Waals surface area contributed by atoms with Gasteiger partial charge in [0.15, 0.2) is 5.16 Å². The number of piperidine rings is 1. The molecule has 0 aliphatic carbocycles. The number of aryl methyl sites for hydroxylation is 2. The minimum Gasteiger partial charge on any atom is -0.341 e. The lowest BCUT2D eigenvalue weighted by Gasteiger charge is -2.30. The highest BCUT2D eigenvalue weighted by atomic mass is 32.2. The minimum atomic E-state index is -0.0597. The molecule has 0 radical (unpaired) electrons. The number of rotatable bonds is 8. The molecule has 0 bridgehead atoms. The van der Waals surface area contributed by atoms with Crippen molar-refractivity contribution in [2.75, 3.05) is 24.2 Å². The topological polar surface area (TPSA) is 67.2 Å². The van der Waals surface area contributed by atoms with Gasteiger partial charge in [-0.1, -0.05) is 62.9 Å². The van der Waals surface area contributed by atoms with Crippen LogP contribution in [0.5, 0.6) is 0 Å². The largest absolute Gasteiger partial charge is 0.341 e. The Morgan fingerprint density at radius 3 is 2.38 bits per heavy atom. The van der Waals surface area contributed by atoms with Crippen LogP contribution in [0.2, 0.25) is 0 Å². The number of hydrogen-bond acceptors (Lipinski definition) is 4. The highest BCUT2D eigenvalue weighted by Gasteiger charge is 2.23. The minimum absolute atomic E-state index is 0.0597. The zero-order valence-electron chi connectivity index (χ0n) is 20.3. The SMILES string of the molecule is CCc1cccc(CC)c1NC(=O)CSc1nc2ccccc2n1CC(=O)N1CCC(C)CC1. The fraction of sp³-hybridized carbons (Fsp3) is 0.444. The van der Waals surface area contributed by atoms with Crippen LogP contribution < -0.4 is 5.32 Å². The zero-order chi connectivity index (χ0) is 24.1. The van der Waals surface area contributed by atoms with Gasteiger partial charge in [-0.05, 0) is 54.9 Å². The highest BCUT2D eigenvalue weighted by molar-refractivity contribution is 7.99. The van der Waals surface area contributed by atoms with E-state index in [4.69, 9.17) is 4.98 Å². The number of anilines is 1. The number of fused-ring (bicyclic) bond motifs is 1. The van der Waals surface area contributed by atoms with Crippen molar-refractivity contribution in [3.05, 3.63) is 53.6 Å². The van der Waals surface area contributed by atoms with Crippen LogP contribution in [0.4, 0.5) is 5.69 Å². The fourth-order valence-corrected chi connectivity index (χ4v) is 5.33. The van der Waals surface area contributed by atoms with E-state index in [-0.39, 0.29) is 24.1 Å². The molecule has 2 aromatic carbocycles. The summed E-state index contributed by atoms with van der Waals surface area (Å²) in [7, 11) is 0. The van der Waals surface area contributed by atoms with Crippen LogP contribution in [-0.4, -0.2) is 45.1 Å². The average Bonchev–Trinajstić information content (AvgIpc) is 3.20. The number of amides is 2. The van der Waals surface area contributed by atoms with Crippen LogP contribution in [0.25, 0.3) is 11.0 Å². The van der Waals surface area contributed by atoms with Gasteiger partial charge in [-0.2, -0.15) is 0 Å². The Hall–Kier alpha value is -2.80. The van der Waals surface area contributed by atoms with Crippen LogP contribution >= 0.6 is 11.8 Å². The fourth-order valence-electron chi connectivity index (χ4n) is 4.52. The highest BCUT2D eigenvalue weighted by Crippen LogP contribution is 2.27. The molecule has 7 heteroatoms. The molecule has 2 amide bonds. The summed E-state index contributed by atoms with van der Waals surface area (Å²) in [5.41, 5.74) is 4.99. The Morgan fingerprint density at radius 2 is 1.71 bits per heavy atom. The Balaban J connectivity index is 1.49. The molecule has 2 heterocycles. The first-order chi connectivity index (χ1) is 16.5. The number of likely N-dealkylation sites (tertiary alicyclic amines) is 1. The maximum atomic E-state index is 13.1. The first-order valence-electron chi connectivity index (χ1n) is 12.3. The van der Waals surface area contributed by atoms with Crippen LogP contribution in [-0.2, 0) is 29.0 Å². The molecule has 1 saturated heterocycles. The Morgan fingerprint density at radius 1 is 1.03 bits per heavy atom. The predicted molar refractivity (Wildman–Crippen MR) is 139 cm³/mol. The van der Waals surface area contributed by atoms with Gasteiger partial charge in [0.1, 0.15) is 6.54 Å². The number of benzene rings is 2. The Bertz CT molecular complexity index is 1140. The number of para-hydroxylation sites is 3. The number of carbonyl (C=O) groups excluding carboxylic acids is 2. The van der Waals surface area contributed by atoms with Crippen molar-refractivity contribution in [2.24, 2.45) is 5.92 Å². The van der Waals surface area contributed by atoms with Crippen molar-refractivity contribution in [3.8, 4) is 0 Å². The zero-order valence-corrected chi connectivity index (χ0v) is 21.2. The molecule has 0 saturated carbocycles. The van der Waals surface area contributed by atoms with E-state index in [1.807, 2.05) is 39.8 Å². The second-order valence-corrected chi connectivity index (χ2v) is 9.97. The number of imidazole rings is 1. The first-order valence-corrected chi connectivity index (χ1v) is 13.2. The van der Waals surface area contributed by atoms with Crippen molar-refractivity contribution in [3.63, 3.8) is 0 Å². The Labute approximate surface area is 206 Å². The maximum Gasteiger partial charge on any atom is 0.242 e. The molecule has 0 atom stereocenters. The Kier molecular flexibility index (Phi) is 7.93. The summed E-state index contributed by atoms with van der Waals surface area (Å²) in [6.45, 7) is 8.32. The molecule has 1 aromatic heterocycles. The van der Waals surface area contributed by atoms with Crippen LogP contribution in [0.15, 0.2) is 47.6 Å². The summed E-state index contributed by atoms with van der Waals surface area (Å²) in [4.78, 5) is 32.7. The van der Waals surface area contributed by atoms with E-state index in [2.05, 4.69) is 38.2 Å². The quantitative estimate of drug-likeness (QED) is 0.455. The summed E-state index contributed by atoms with van der Waals surface area (Å²) in [6, 6.07) is 14.0. The monoisotopic (exact) mass is 478 g/mol. The second-order valence-electron chi connectivity index (χ2n) is 9.03. The van der Waals surface area contributed by atoms with E-state index in [1.54, 1.807) is 0 Å². The van der Waals surface area contributed by atoms with Gasteiger partial charge in [0.05, 0.1) is 16.8 Å². The van der Waals surface area contributed by atoms with Crippen LogP contribution in [0, 0.1) is 5.92 Å². The normalized spacial score (nSPS) is 14.5. The van der Waals surface area contributed by atoms with Gasteiger partial charge in [-0.15, -0.1) is 0 Å². The number of nitrogens with zero attached hydrogens (tertiary/aromatic N) is 3. The van der Waals surface area contributed by atoms with Gasteiger partial charge >= 0.3 is 0 Å². The number of thioether (sulfide) groups is 1. The third-order valence-electron chi connectivity index (χ3n) is 6.64. The lowest BCUT2D eigenvalue weighted by atomic mass is 9.99. The average molecular weight is 479 g/mol. The maximum absolute atomic E-state index is 13.1. The molecule has 0 unspecified atom stereocenters. The second kappa shape index (κ2) is 11.1. The van der Waals surface area contributed by atoms with Crippen molar-refractivity contribution in [2.45, 2.75) is 58.2 Å². The molecule has 34 heavy (non-hydrogen) atoms. The number of aromatic nitrogens is 2. The van der Waals surface area contributed by atoms with Gasteiger partial charge in [-0.25, -0.2) is 4.98 Å². The number of hydrogen-bond donors (Lipinski definition) is 1. The van der Waals surface area contributed by atoms with Crippen LogP contribution in [0.3, 0.4) is 0 Å². The van der Waals surface area contributed by atoms with Gasteiger partial charge < -0.3 is 14.8 Å². The lowest BCUT2D eigenvalue weighted by molar-refractivity contribution is -0.133. The third kappa shape index (κ3) is 5.46. The van der Waals surface area contributed by atoms with E-state index in [1.165, 1.54) is 11.8 Å². The van der Waals surface area contributed by atoms with E-state index in [0.29, 0.717) is 11.1 Å². The van der Waals surface area contributed by atoms with Gasteiger partial charge in [0, 0.05) is 18.8 Å². The van der Waals surface area contributed by atoms with Crippen molar-refractivity contribution in [1.82, 2.24) is 14.5 Å². The molecular formula is C27H34N4O2S. The molecule has 3 aromatic rings. The first kappa shape index (κ1) is 24.3. The summed E-state index contributed by atoms with van der Waals surface area (Å²) in [5.74, 6) is 0.968. The summed E-state index contributed by atoms with van der Waals surface area (Å²) in [6.07, 6.45) is 3.84. The standard InChI is InChI=1S/C27H34N4O2S/c1-4-20-9-8-10-21(5-2)26(20)29-24(32)18-34-27-28-22-11-6-7-12-23(22)31(27)17-25(33)30-15-13-19(3)14-16-30/h6-12,19H,4-5,13-18H2,1-3H3,(H,29,32). The molecule has 0 spiro atoms. The number of nitrogens with one attached hydrogen (secondary N) is 1. The van der Waals surface area contributed by atoms with E-state index >= 15 is 0 Å². The van der Waals surface area contributed by atoms with E-state index < -0.39 is 0 Å². The summed E-state index contributed by atoms with van der Waals surface area (Å²) >= 11 is 1.39. The molecular weight excluding hydrogens is 444 g/mol. The van der Waals surface area contributed by atoms with Gasteiger partial charge in [0.2, 0.25) is 11.8 Å². The van der Waals surface area contributed by atoms with E-state index in [9.17, 15) is 9.59 Å². The van der Waals surface area contributed by atoms with Crippen molar-refractivity contribution < 1.29 is 9.59 Å². The van der Waals surface area contributed by atoms with Gasteiger partial charge in [0.25, 0.3) is 0 Å². The molecule has 1 aliphatic rings. The molecule has 1 aliphatic heterocycles. The summed E-state index contributed by atoms with van der Waals surface area (Å²) in [5, 5.41) is 3.83. The lowest BCUT2D eigenvalue weighted by Crippen LogP contribution is -2.39. The molecule has 4 rings (SSSR count). The summed E-state index contributed by atoms with van der Waals surface area (Å²) < 4.78 is 1.96. The molecule has 180 valence electrons. The van der Waals surface area contributed by atoms with Crippen molar-refractivity contribution >= 4 is 40.3 Å². The predicted octanol–water partition coefficient (Wildman–Crippen LogP) is 5.15. The smallest absolute Gasteiger partial charge is 0.242 e. The molecule has 1 N–H and O–H groups in total. The van der Waals surface area contributed by atoms with Crippen molar-refractivity contribution in [1.29, 1.82) is 0 Å². The molecule has 1 fully saturated rings. The third-order valence-corrected chi connectivity index (χ3v) is 7.62. The number of carbonyl (C=O) groups is 2. The van der Waals surface area contributed by atoms with Crippen LogP contribution in [0.1, 0.15) is 44.7 Å².